The molecule has 1 aromatic heterocycles. The van der Waals surface area contributed by atoms with Gasteiger partial charge in [-0.15, -0.1) is 0 Å². The zero-order valence-corrected chi connectivity index (χ0v) is 12.4. The van der Waals surface area contributed by atoms with Gasteiger partial charge in [-0.25, -0.2) is 8.42 Å². The number of aryl methyl sites for hydroxylation is 1. The molecule has 1 fully saturated rings. The second kappa shape index (κ2) is 5.22. The van der Waals surface area contributed by atoms with Crippen LogP contribution in [0.25, 0.3) is 0 Å². The van der Waals surface area contributed by atoms with Gasteiger partial charge in [-0.1, -0.05) is 0 Å². The predicted octanol–water partition coefficient (Wildman–Crippen LogP) is 0.795. The van der Waals surface area contributed by atoms with E-state index in [1.165, 1.54) is 6.20 Å². The van der Waals surface area contributed by atoms with Crippen molar-refractivity contribution in [3.05, 3.63) is 12.4 Å². The minimum absolute atomic E-state index is 0.277. The fraction of sp³-hybridized carbons (Fsp3) is 0.750. The van der Waals surface area contributed by atoms with Gasteiger partial charge in [0.25, 0.3) is 0 Å². The van der Waals surface area contributed by atoms with Crippen LogP contribution in [-0.2, 0) is 16.6 Å². The van der Waals surface area contributed by atoms with E-state index in [1.807, 2.05) is 13.8 Å². The zero-order chi connectivity index (χ0) is 14.1. The second-order valence-corrected chi connectivity index (χ2v) is 7.44. The zero-order valence-electron chi connectivity index (χ0n) is 11.5. The fourth-order valence-electron chi connectivity index (χ4n) is 2.51. The van der Waals surface area contributed by atoms with Crippen LogP contribution in [0.1, 0.15) is 33.1 Å². The maximum absolute atomic E-state index is 12.6. The summed E-state index contributed by atoms with van der Waals surface area (Å²) in [6.07, 6.45) is 5.62. The van der Waals surface area contributed by atoms with Crippen molar-refractivity contribution in [2.45, 2.75) is 50.1 Å². The van der Waals surface area contributed by atoms with Crippen LogP contribution in [0.3, 0.4) is 0 Å². The predicted molar refractivity (Wildman–Crippen MR) is 73.1 cm³/mol. The first-order chi connectivity index (χ1) is 8.88. The molecular formula is C12H22N4O2S. The van der Waals surface area contributed by atoms with Gasteiger partial charge < -0.3 is 5.73 Å². The largest absolute Gasteiger partial charge is 0.330 e. The number of rotatable bonds is 5. The Morgan fingerprint density at radius 3 is 2.79 bits per heavy atom. The molecule has 1 aromatic rings. The van der Waals surface area contributed by atoms with Crippen molar-refractivity contribution in [3.63, 3.8) is 0 Å². The minimum atomic E-state index is -3.43. The van der Waals surface area contributed by atoms with Crippen LogP contribution in [0, 0.1) is 0 Å². The summed E-state index contributed by atoms with van der Waals surface area (Å²) >= 11 is 0. The lowest BCUT2D eigenvalue weighted by molar-refractivity contribution is 0.291. The number of nitrogens with two attached hydrogens (primary N) is 1. The lowest BCUT2D eigenvalue weighted by atomic mass is 10.0. The Morgan fingerprint density at radius 1 is 1.47 bits per heavy atom. The van der Waals surface area contributed by atoms with Crippen molar-refractivity contribution in [3.8, 4) is 0 Å². The van der Waals surface area contributed by atoms with E-state index in [0.29, 0.717) is 19.6 Å². The van der Waals surface area contributed by atoms with Crippen molar-refractivity contribution in [1.82, 2.24) is 14.1 Å². The Kier molecular flexibility index (Phi) is 3.98. The molecule has 0 saturated carbocycles. The molecule has 0 aromatic carbocycles. The van der Waals surface area contributed by atoms with E-state index >= 15 is 0 Å². The number of nitrogens with zero attached hydrogens (tertiary/aromatic N) is 3. The van der Waals surface area contributed by atoms with E-state index in [-0.39, 0.29) is 10.4 Å². The van der Waals surface area contributed by atoms with E-state index in [2.05, 4.69) is 5.10 Å². The summed E-state index contributed by atoms with van der Waals surface area (Å²) < 4.78 is 28.4. The van der Waals surface area contributed by atoms with Gasteiger partial charge in [-0.3, -0.25) is 4.68 Å². The molecule has 2 heterocycles. The summed E-state index contributed by atoms with van der Waals surface area (Å²) in [5, 5.41) is 4.09. The normalized spacial score (nSPS) is 19.9. The molecule has 0 spiro atoms. The molecule has 1 aliphatic rings. The van der Waals surface area contributed by atoms with Crippen molar-refractivity contribution < 1.29 is 8.42 Å². The first-order valence-corrected chi connectivity index (χ1v) is 8.07. The third-order valence-electron chi connectivity index (χ3n) is 3.61. The van der Waals surface area contributed by atoms with Crippen molar-refractivity contribution in [2.75, 3.05) is 13.1 Å². The van der Waals surface area contributed by atoms with Crippen molar-refractivity contribution in [2.24, 2.45) is 5.73 Å². The van der Waals surface area contributed by atoms with Gasteiger partial charge in [-0.2, -0.15) is 9.40 Å². The van der Waals surface area contributed by atoms with Crippen LogP contribution in [0.5, 0.6) is 0 Å². The molecule has 0 unspecified atom stereocenters. The van der Waals surface area contributed by atoms with E-state index < -0.39 is 10.0 Å². The van der Waals surface area contributed by atoms with Gasteiger partial charge in [-0.05, 0) is 39.7 Å². The van der Waals surface area contributed by atoms with Crippen LogP contribution in [0.4, 0.5) is 0 Å². The number of hydrogen-bond donors (Lipinski definition) is 1. The average molecular weight is 286 g/mol. The van der Waals surface area contributed by atoms with E-state index in [1.54, 1.807) is 15.2 Å². The third-order valence-corrected chi connectivity index (χ3v) is 5.68. The van der Waals surface area contributed by atoms with Crippen LogP contribution >= 0.6 is 0 Å². The topological polar surface area (TPSA) is 81.2 Å². The van der Waals surface area contributed by atoms with E-state index in [9.17, 15) is 8.42 Å². The lowest BCUT2D eigenvalue weighted by Gasteiger charge is -2.29. The molecule has 2 rings (SSSR count). The Labute approximate surface area is 114 Å². The van der Waals surface area contributed by atoms with Crippen LogP contribution in [-0.4, -0.2) is 41.1 Å². The van der Waals surface area contributed by atoms with Gasteiger partial charge in [0, 0.05) is 24.8 Å². The molecule has 7 heteroatoms. The summed E-state index contributed by atoms with van der Waals surface area (Å²) in [4.78, 5) is 0.277. The van der Waals surface area contributed by atoms with Gasteiger partial charge in [0.05, 0.1) is 6.20 Å². The highest BCUT2D eigenvalue weighted by atomic mass is 32.2. The molecule has 1 aliphatic heterocycles. The smallest absolute Gasteiger partial charge is 0.246 e. The highest BCUT2D eigenvalue weighted by molar-refractivity contribution is 7.89. The fourth-order valence-corrected chi connectivity index (χ4v) is 4.31. The van der Waals surface area contributed by atoms with Gasteiger partial charge in [0.1, 0.15) is 4.90 Å². The highest BCUT2D eigenvalue weighted by Gasteiger charge is 2.41. The van der Waals surface area contributed by atoms with Crippen molar-refractivity contribution >= 4 is 10.0 Å². The standard InChI is InChI=1S/C12H22N4O2S/c1-12(2)5-3-8-16(12)19(17,18)11-9-14-15(10-11)7-4-6-13/h9-10H,3-8,13H2,1-2H3. The summed E-state index contributed by atoms with van der Waals surface area (Å²) in [5.74, 6) is 0. The van der Waals surface area contributed by atoms with Crippen LogP contribution in [0.15, 0.2) is 17.3 Å². The lowest BCUT2D eigenvalue weighted by Crippen LogP contribution is -2.42. The molecule has 0 amide bonds. The third kappa shape index (κ3) is 2.82. The highest BCUT2D eigenvalue weighted by Crippen LogP contribution is 2.33. The number of hydrogen-bond acceptors (Lipinski definition) is 4. The Morgan fingerprint density at radius 2 is 2.21 bits per heavy atom. The van der Waals surface area contributed by atoms with E-state index in [4.69, 9.17) is 5.73 Å². The summed E-state index contributed by atoms with van der Waals surface area (Å²) in [6.45, 7) is 5.74. The Hall–Kier alpha value is -0.920. The van der Waals surface area contributed by atoms with E-state index in [0.717, 1.165) is 19.3 Å². The average Bonchev–Trinajstić information content (AvgIpc) is 2.92. The molecule has 19 heavy (non-hydrogen) atoms. The summed E-state index contributed by atoms with van der Waals surface area (Å²) in [7, 11) is -3.43. The van der Waals surface area contributed by atoms with Gasteiger partial charge in [0.15, 0.2) is 0 Å². The molecule has 6 nitrogen and oxygen atoms in total. The summed E-state index contributed by atoms with van der Waals surface area (Å²) in [6, 6.07) is 0. The number of sulfonamides is 1. The molecule has 0 radical (unpaired) electrons. The second-order valence-electron chi connectivity index (χ2n) is 5.57. The molecule has 108 valence electrons. The maximum atomic E-state index is 12.6. The molecular weight excluding hydrogens is 264 g/mol. The Bertz CT molecular complexity index is 536. The monoisotopic (exact) mass is 286 g/mol. The molecule has 0 bridgehead atoms. The molecule has 1 saturated heterocycles. The Balaban J connectivity index is 2.22. The first-order valence-electron chi connectivity index (χ1n) is 6.63. The SMILES string of the molecule is CC1(C)CCCN1S(=O)(=O)c1cnn(CCCN)c1. The molecule has 0 atom stereocenters. The summed E-state index contributed by atoms with van der Waals surface area (Å²) in [5.41, 5.74) is 5.13. The first kappa shape index (κ1) is 14.5. The van der Waals surface area contributed by atoms with Crippen molar-refractivity contribution in [1.29, 1.82) is 0 Å². The van der Waals surface area contributed by atoms with Gasteiger partial charge in [0.2, 0.25) is 10.0 Å². The molecule has 0 aliphatic carbocycles. The quantitative estimate of drug-likeness (QED) is 0.868. The molecule has 2 N–H and O–H groups in total. The maximum Gasteiger partial charge on any atom is 0.246 e. The van der Waals surface area contributed by atoms with Gasteiger partial charge >= 0.3 is 0 Å². The van der Waals surface area contributed by atoms with Crippen LogP contribution in [0.2, 0.25) is 0 Å². The number of aromatic nitrogens is 2. The van der Waals surface area contributed by atoms with Crippen LogP contribution < -0.4 is 5.73 Å². The minimum Gasteiger partial charge on any atom is -0.330 e.